The fourth-order valence-corrected chi connectivity index (χ4v) is 4.05. The maximum atomic E-state index is 12.5. The van der Waals surface area contributed by atoms with Crippen LogP contribution in [0.5, 0.6) is 0 Å². The second-order valence-electron chi connectivity index (χ2n) is 7.71. The first kappa shape index (κ1) is 16.6. The average molecular weight is 348 g/mol. The first-order valence-electron chi connectivity index (χ1n) is 8.86. The Kier molecular flexibility index (Phi) is 4.08. The Bertz CT molecular complexity index is 644. The van der Waals surface area contributed by atoms with Crippen molar-refractivity contribution in [1.82, 2.24) is 10.2 Å². The summed E-state index contributed by atoms with van der Waals surface area (Å²) in [5, 5.41) is 2.97. The molecule has 2 amide bonds. The van der Waals surface area contributed by atoms with E-state index in [1.807, 2.05) is 11.8 Å². The Hall–Kier alpha value is -1.86. The molecule has 0 radical (unpaired) electrons. The Morgan fingerprint density at radius 2 is 2.20 bits per heavy atom. The molecule has 4 rings (SSSR count). The minimum atomic E-state index is -0.308. The number of ether oxygens (including phenoxy) is 2. The molecule has 0 aromatic carbocycles. The van der Waals surface area contributed by atoms with Gasteiger partial charge in [0.25, 0.3) is 5.91 Å². The lowest BCUT2D eigenvalue weighted by Gasteiger charge is -2.47. The van der Waals surface area contributed by atoms with E-state index in [0.29, 0.717) is 31.7 Å². The summed E-state index contributed by atoms with van der Waals surface area (Å²) in [5.74, 6) is -0.0255. The van der Waals surface area contributed by atoms with Gasteiger partial charge >= 0.3 is 0 Å². The first-order chi connectivity index (χ1) is 12.0. The van der Waals surface area contributed by atoms with Crippen molar-refractivity contribution in [3.8, 4) is 0 Å². The van der Waals surface area contributed by atoms with Crippen LogP contribution < -0.4 is 5.32 Å². The largest absolute Gasteiger partial charge is 0.472 e. The van der Waals surface area contributed by atoms with Gasteiger partial charge in [0.15, 0.2) is 0 Å². The first-order valence-corrected chi connectivity index (χ1v) is 8.86. The number of hydrogen-bond donors (Lipinski definition) is 1. The highest BCUT2D eigenvalue weighted by molar-refractivity contribution is 5.94. The summed E-state index contributed by atoms with van der Waals surface area (Å²) < 4.78 is 16.6. The highest BCUT2D eigenvalue weighted by atomic mass is 16.5. The third-order valence-electron chi connectivity index (χ3n) is 5.46. The lowest BCUT2D eigenvalue weighted by molar-refractivity contribution is -0.162. The fourth-order valence-electron chi connectivity index (χ4n) is 4.05. The van der Waals surface area contributed by atoms with Crippen molar-refractivity contribution in [2.45, 2.75) is 49.9 Å². The van der Waals surface area contributed by atoms with Crippen LogP contribution in [0.25, 0.3) is 0 Å². The lowest BCUT2D eigenvalue weighted by atomic mass is 9.88. The second kappa shape index (κ2) is 6.14. The summed E-state index contributed by atoms with van der Waals surface area (Å²) in [5.41, 5.74) is -0.102. The molecule has 7 nitrogen and oxygen atoms in total. The van der Waals surface area contributed by atoms with Gasteiger partial charge < -0.3 is 24.1 Å². The SMILES string of the molecule is CC1(CC(=O)N2CC3(CC(NC(=O)c4ccoc4)CO3)C2)CCCO1. The molecule has 2 unspecified atom stereocenters. The summed E-state index contributed by atoms with van der Waals surface area (Å²) in [6.07, 6.45) is 6.03. The smallest absolute Gasteiger partial charge is 0.254 e. The Balaban J connectivity index is 1.26. The van der Waals surface area contributed by atoms with E-state index in [1.54, 1.807) is 6.07 Å². The molecule has 3 fully saturated rings. The molecule has 2 atom stereocenters. The van der Waals surface area contributed by atoms with Gasteiger partial charge in [-0.25, -0.2) is 0 Å². The summed E-state index contributed by atoms with van der Waals surface area (Å²) in [7, 11) is 0. The van der Waals surface area contributed by atoms with Crippen molar-refractivity contribution in [3.63, 3.8) is 0 Å². The lowest BCUT2D eigenvalue weighted by Crippen LogP contribution is -2.64. The highest BCUT2D eigenvalue weighted by Crippen LogP contribution is 2.37. The standard InChI is InChI=1S/C18H24N2O5/c1-17(4-2-5-24-17)8-15(21)20-11-18(12-20)7-14(10-25-18)19-16(22)13-3-6-23-9-13/h3,6,9,14H,2,4-5,7-8,10-12H2,1H3,(H,19,22). The maximum absolute atomic E-state index is 12.5. The second-order valence-corrected chi connectivity index (χ2v) is 7.71. The van der Waals surface area contributed by atoms with E-state index in [2.05, 4.69) is 5.32 Å². The number of hydrogen-bond acceptors (Lipinski definition) is 5. The van der Waals surface area contributed by atoms with Gasteiger partial charge in [-0.05, 0) is 25.8 Å². The van der Waals surface area contributed by atoms with Crippen LogP contribution in [0.1, 0.15) is 43.0 Å². The Labute approximate surface area is 146 Å². The number of carbonyl (C=O) groups excluding carboxylic acids is 2. The molecular formula is C18H24N2O5. The van der Waals surface area contributed by atoms with Gasteiger partial charge in [0.1, 0.15) is 11.9 Å². The molecular weight excluding hydrogens is 324 g/mol. The number of carbonyl (C=O) groups is 2. The number of amides is 2. The van der Waals surface area contributed by atoms with Crippen molar-refractivity contribution in [1.29, 1.82) is 0 Å². The van der Waals surface area contributed by atoms with E-state index in [1.165, 1.54) is 12.5 Å². The monoisotopic (exact) mass is 348 g/mol. The van der Waals surface area contributed by atoms with Crippen molar-refractivity contribution >= 4 is 11.8 Å². The Morgan fingerprint density at radius 3 is 2.88 bits per heavy atom. The van der Waals surface area contributed by atoms with E-state index in [4.69, 9.17) is 13.9 Å². The molecule has 3 aliphatic heterocycles. The maximum Gasteiger partial charge on any atom is 0.254 e. The molecule has 7 heteroatoms. The van der Waals surface area contributed by atoms with E-state index in [0.717, 1.165) is 25.9 Å². The van der Waals surface area contributed by atoms with Gasteiger partial charge in [0.05, 0.1) is 49.6 Å². The molecule has 4 heterocycles. The molecule has 25 heavy (non-hydrogen) atoms. The van der Waals surface area contributed by atoms with Crippen LogP contribution in [0.4, 0.5) is 0 Å². The summed E-state index contributed by atoms with van der Waals surface area (Å²) >= 11 is 0. The average Bonchev–Trinajstić information content (AvgIpc) is 3.25. The van der Waals surface area contributed by atoms with Crippen LogP contribution in [0.3, 0.4) is 0 Å². The van der Waals surface area contributed by atoms with Crippen molar-refractivity contribution < 1.29 is 23.5 Å². The van der Waals surface area contributed by atoms with Crippen LogP contribution >= 0.6 is 0 Å². The van der Waals surface area contributed by atoms with E-state index >= 15 is 0 Å². The zero-order valence-electron chi connectivity index (χ0n) is 14.5. The van der Waals surface area contributed by atoms with Gasteiger partial charge in [0, 0.05) is 13.0 Å². The summed E-state index contributed by atoms with van der Waals surface area (Å²) in [6, 6.07) is 1.60. The van der Waals surface area contributed by atoms with Crippen LogP contribution in [-0.2, 0) is 14.3 Å². The zero-order chi connectivity index (χ0) is 17.5. The zero-order valence-corrected chi connectivity index (χ0v) is 14.5. The predicted octanol–water partition coefficient (Wildman–Crippen LogP) is 1.34. The van der Waals surface area contributed by atoms with Gasteiger partial charge in [-0.2, -0.15) is 0 Å². The van der Waals surface area contributed by atoms with E-state index < -0.39 is 0 Å². The normalized spacial score (nSPS) is 30.4. The van der Waals surface area contributed by atoms with Crippen LogP contribution in [0, 0.1) is 0 Å². The van der Waals surface area contributed by atoms with E-state index in [-0.39, 0.29) is 29.1 Å². The summed E-state index contributed by atoms with van der Waals surface area (Å²) in [6.45, 7) is 4.43. The van der Waals surface area contributed by atoms with Crippen molar-refractivity contribution in [2.75, 3.05) is 26.3 Å². The van der Waals surface area contributed by atoms with Gasteiger partial charge in [-0.3, -0.25) is 9.59 Å². The number of rotatable bonds is 4. The van der Waals surface area contributed by atoms with Gasteiger partial charge in [-0.15, -0.1) is 0 Å². The highest BCUT2D eigenvalue weighted by Gasteiger charge is 2.52. The van der Waals surface area contributed by atoms with Crippen LogP contribution in [-0.4, -0.2) is 60.3 Å². The third-order valence-corrected chi connectivity index (χ3v) is 5.46. The number of nitrogens with one attached hydrogen (secondary N) is 1. The van der Waals surface area contributed by atoms with Gasteiger partial charge in [0.2, 0.25) is 5.91 Å². The number of likely N-dealkylation sites (tertiary alicyclic amines) is 1. The molecule has 1 N–H and O–H groups in total. The fraction of sp³-hybridized carbons (Fsp3) is 0.667. The number of nitrogens with zero attached hydrogens (tertiary/aromatic N) is 1. The minimum absolute atomic E-state index is 0.0321. The third kappa shape index (κ3) is 3.30. The number of furan rings is 1. The molecule has 0 aliphatic carbocycles. The molecule has 136 valence electrons. The molecule has 0 saturated carbocycles. The molecule has 3 aliphatic rings. The van der Waals surface area contributed by atoms with E-state index in [9.17, 15) is 9.59 Å². The topological polar surface area (TPSA) is 81.0 Å². The van der Waals surface area contributed by atoms with Crippen molar-refractivity contribution in [2.24, 2.45) is 0 Å². The predicted molar refractivity (Wildman–Crippen MR) is 88.1 cm³/mol. The van der Waals surface area contributed by atoms with Gasteiger partial charge in [-0.1, -0.05) is 0 Å². The molecule has 0 bridgehead atoms. The molecule has 1 aromatic heterocycles. The Morgan fingerprint density at radius 1 is 1.36 bits per heavy atom. The quantitative estimate of drug-likeness (QED) is 0.888. The van der Waals surface area contributed by atoms with Crippen LogP contribution in [0.2, 0.25) is 0 Å². The molecule has 3 saturated heterocycles. The van der Waals surface area contributed by atoms with Crippen molar-refractivity contribution in [3.05, 3.63) is 24.2 Å². The summed E-state index contributed by atoms with van der Waals surface area (Å²) in [4.78, 5) is 26.4. The molecule has 1 spiro atoms. The molecule has 1 aromatic rings. The van der Waals surface area contributed by atoms with Crippen LogP contribution in [0.15, 0.2) is 23.0 Å². The minimum Gasteiger partial charge on any atom is -0.472 e.